The van der Waals surface area contributed by atoms with Crippen molar-refractivity contribution < 1.29 is 5.48 Å². The third-order valence-electron chi connectivity index (χ3n) is 1.45. The molecule has 15 heavy (non-hydrogen) atoms. The highest BCUT2D eigenvalue weighted by atomic mass is 79.9. The van der Waals surface area contributed by atoms with E-state index < -0.39 is 6.04 Å². The van der Waals surface area contributed by atoms with Gasteiger partial charge in [0, 0.05) is 10.0 Å². The van der Waals surface area contributed by atoms with Gasteiger partial charge in [0.15, 0.2) is 5.82 Å². The Kier molecular flexibility index (Phi) is 2.00. The topological polar surface area (TPSA) is 38.7 Å². The molecule has 0 saturated heterocycles. The fourth-order valence-electron chi connectivity index (χ4n) is 0.889. The average molecular weight is 309 g/mol. The monoisotopic (exact) mass is 307 g/mol. The predicted molar refractivity (Wildman–Crippen MR) is 63.0 cm³/mol. The zero-order valence-electron chi connectivity index (χ0n) is 11.0. The van der Waals surface area contributed by atoms with Crippen LogP contribution in [-0.2, 0) is 0 Å². The van der Waals surface area contributed by atoms with Crippen LogP contribution in [0.5, 0.6) is 0 Å². The highest BCUT2D eigenvalue weighted by Crippen LogP contribution is 2.26. The van der Waals surface area contributed by atoms with E-state index in [1.165, 1.54) is 0 Å². The summed E-state index contributed by atoms with van der Waals surface area (Å²) in [5, 5.41) is -0.316. The SMILES string of the molecule is [2H]c1c([2H])c([2H])c(-c2nc(Cl)nc(Cl)n2)c(Br)c1[2H]. The number of hydrogen-bond acceptors (Lipinski definition) is 3. The molecule has 0 aliphatic heterocycles. The van der Waals surface area contributed by atoms with Gasteiger partial charge in [0.1, 0.15) is 0 Å². The average Bonchev–Trinajstić information content (AvgIpc) is 2.33. The van der Waals surface area contributed by atoms with Gasteiger partial charge in [-0.05, 0) is 29.2 Å². The van der Waals surface area contributed by atoms with Gasteiger partial charge in [0.2, 0.25) is 10.6 Å². The van der Waals surface area contributed by atoms with Crippen molar-refractivity contribution in [2.45, 2.75) is 0 Å². The van der Waals surface area contributed by atoms with E-state index in [0.717, 1.165) is 0 Å². The van der Waals surface area contributed by atoms with Crippen molar-refractivity contribution in [2.75, 3.05) is 0 Å². The summed E-state index contributed by atoms with van der Waals surface area (Å²) in [4.78, 5) is 11.2. The molecular weight excluding hydrogens is 301 g/mol. The molecule has 0 N–H and O–H groups in total. The molecule has 0 saturated carbocycles. The Balaban J connectivity index is 2.82. The van der Waals surface area contributed by atoms with E-state index in [1.54, 1.807) is 0 Å². The Labute approximate surface area is 110 Å². The van der Waals surface area contributed by atoms with Crippen LogP contribution < -0.4 is 0 Å². The Bertz CT molecular complexity index is 634. The minimum atomic E-state index is -0.393. The number of hydrogen-bond donors (Lipinski definition) is 0. The number of aromatic nitrogens is 3. The smallest absolute Gasteiger partial charge is 0.198 e. The summed E-state index contributed by atoms with van der Waals surface area (Å²) in [7, 11) is 0. The first-order valence-electron chi connectivity index (χ1n) is 5.66. The summed E-state index contributed by atoms with van der Waals surface area (Å²) in [5.74, 6) is -0.0242. The maximum atomic E-state index is 7.84. The second-order valence-electron chi connectivity index (χ2n) is 2.39. The maximum absolute atomic E-state index is 7.84. The second-order valence-corrected chi connectivity index (χ2v) is 3.86. The molecule has 2 rings (SSSR count). The first-order chi connectivity index (χ1) is 8.82. The molecule has 0 aliphatic carbocycles. The molecule has 0 unspecified atom stereocenters. The van der Waals surface area contributed by atoms with Gasteiger partial charge in [0.05, 0.1) is 5.48 Å². The van der Waals surface area contributed by atoms with Crippen molar-refractivity contribution in [2.24, 2.45) is 0 Å². The molecule has 3 nitrogen and oxygen atoms in total. The van der Waals surface area contributed by atoms with Crippen molar-refractivity contribution >= 4 is 39.1 Å². The van der Waals surface area contributed by atoms with Gasteiger partial charge < -0.3 is 0 Å². The van der Waals surface area contributed by atoms with E-state index >= 15 is 0 Å². The minimum absolute atomic E-state index is 0.0242. The van der Waals surface area contributed by atoms with E-state index in [4.69, 9.17) is 28.7 Å². The molecule has 6 heteroatoms. The lowest BCUT2D eigenvalue weighted by Crippen LogP contribution is -1.94. The van der Waals surface area contributed by atoms with Gasteiger partial charge in [-0.2, -0.15) is 15.0 Å². The summed E-state index contributed by atoms with van der Waals surface area (Å²) < 4.78 is 30.9. The molecule has 1 heterocycles. The second kappa shape index (κ2) is 4.43. The van der Waals surface area contributed by atoms with Crippen LogP contribution in [0.1, 0.15) is 5.48 Å². The molecule has 1 aromatic carbocycles. The predicted octanol–water partition coefficient (Wildman–Crippen LogP) is 3.61. The van der Waals surface area contributed by atoms with Crippen LogP contribution in [0.3, 0.4) is 0 Å². The number of benzene rings is 1. The Hall–Kier alpha value is -0.710. The fourth-order valence-corrected chi connectivity index (χ4v) is 1.63. The molecule has 2 aromatic rings. The van der Waals surface area contributed by atoms with Gasteiger partial charge in [-0.3, -0.25) is 0 Å². The molecule has 0 bridgehead atoms. The third-order valence-corrected chi connectivity index (χ3v) is 2.38. The van der Waals surface area contributed by atoms with Gasteiger partial charge >= 0.3 is 0 Å². The molecule has 0 spiro atoms. The largest absolute Gasteiger partial charge is 0.227 e. The molecule has 0 fully saturated rings. The fraction of sp³-hybridized carbons (Fsp3) is 0. The van der Waals surface area contributed by atoms with Crippen molar-refractivity contribution in [3.8, 4) is 11.4 Å². The lowest BCUT2D eigenvalue weighted by Gasteiger charge is -2.02. The van der Waals surface area contributed by atoms with E-state index in [0.29, 0.717) is 0 Å². The lowest BCUT2D eigenvalue weighted by atomic mass is 10.2. The van der Waals surface area contributed by atoms with Crippen molar-refractivity contribution in [1.82, 2.24) is 15.0 Å². The molecule has 0 aliphatic rings. The van der Waals surface area contributed by atoms with Crippen molar-refractivity contribution in [3.63, 3.8) is 0 Å². The molecule has 0 amide bonds. The summed E-state index contributed by atoms with van der Waals surface area (Å²) in [6.45, 7) is 0. The van der Waals surface area contributed by atoms with Crippen LogP contribution in [0.15, 0.2) is 28.6 Å². The van der Waals surface area contributed by atoms with Crippen LogP contribution in [0.4, 0.5) is 0 Å². The van der Waals surface area contributed by atoms with Crippen LogP contribution in [0.25, 0.3) is 11.4 Å². The Morgan fingerprint density at radius 1 is 1.07 bits per heavy atom. The summed E-state index contributed by atoms with van der Waals surface area (Å²) >= 11 is 14.4. The standard InChI is InChI=1S/C9H4BrCl2N3/c10-6-4-2-1-3-5(6)7-13-8(11)15-9(12)14-7/h1-4H/i1D,2D,3D,4D. The number of halogens is 3. The maximum Gasteiger partial charge on any atom is 0.227 e. The number of rotatable bonds is 1. The summed E-state index contributed by atoms with van der Waals surface area (Å²) in [5.41, 5.74) is 0.0807. The Morgan fingerprint density at radius 3 is 2.33 bits per heavy atom. The molecule has 1 aromatic heterocycles. The van der Waals surface area contributed by atoms with Crippen molar-refractivity contribution in [1.29, 1.82) is 0 Å². The normalized spacial score (nSPS) is 14.1. The van der Waals surface area contributed by atoms with Crippen LogP contribution >= 0.6 is 39.1 Å². The van der Waals surface area contributed by atoms with Gasteiger partial charge in [-0.1, -0.05) is 34.1 Å². The summed E-state index contributed by atoms with van der Waals surface area (Å²) in [6.07, 6.45) is 0. The lowest BCUT2D eigenvalue weighted by molar-refractivity contribution is 1.06. The first kappa shape index (κ1) is 6.78. The van der Waals surface area contributed by atoms with Crippen LogP contribution in [-0.4, -0.2) is 15.0 Å². The minimum Gasteiger partial charge on any atom is -0.198 e. The number of nitrogens with zero attached hydrogens (tertiary/aromatic N) is 3. The molecule has 76 valence electrons. The zero-order chi connectivity index (χ0) is 14.3. The van der Waals surface area contributed by atoms with E-state index in [9.17, 15) is 0 Å². The quantitative estimate of drug-likeness (QED) is 0.808. The van der Waals surface area contributed by atoms with Crippen LogP contribution in [0, 0.1) is 0 Å². The van der Waals surface area contributed by atoms with Crippen LogP contribution in [0.2, 0.25) is 10.6 Å². The van der Waals surface area contributed by atoms with Crippen molar-refractivity contribution in [3.05, 3.63) is 39.2 Å². The van der Waals surface area contributed by atoms with E-state index in [1.807, 2.05) is 0 Å². The van der Waals surface area contributed by atoms with Gasteiger partial charge in [0.25, 0.3) is 0 Å². The highest BCUT2D eigenvalue weighted by molar-refractivity contribution is 9.10. The van der Waals surface area contributed by atoms with Gasteiger partial charge in [-0.25, -0.2) is 0 Å². The highest BCUT2D eigenvalue weighted by Gasteiger charge is 2.08. The van der Waals surface area contributed by atoms with E-state index in [-0.39, 0.29) is 44.6 Å². The van der Waals surface area contributed by atoms with Gasteiger partial charge in [-0.15, -0.1) is 0 Å². The molecule has 0 radical (unpaired) electrons. The first-order valence-corrected chi connectivity index (χ1v) is 5.21. The van der Waals surface area contributed by atoms with E-state index in [2.05, 4.69) is 30.9 Å². The molecular formula is C9H4BrCl2N3. The Morgan fingerprint density at radius 2 is 1.67 bits per heavy atom. The molecule has 0 atom stereocenters. The third kappa shape index (κ3) is 2.45. The zero-order valence-corrected chi connectivity index (χ0v) is 10.1. The summed E-state index contributed by atoms with van der Waals surface area (Å²) in [6, 6.07) is -1.27.